The van der Waals surface area contributed by atoms with Crippen molar-refractivity contribution in [3.8, 4) is 0 Å². The fourth-order valence-corrected chi connectivity index (χ4v) is 4.30. The molecule has 0 bridgehead atoms. The molecule has 2 aliphatic heterocycles. The van der Waals surface area contributed by atoms with Crippen molar-refractivity contribution in [1.82, 2.24) is 9.80 Å². The monoisotopic (exact) mass is 274 g/mol. The highest BCUT2D eigenvalue weighted by atomic mass is 32.2. The number of rotatable bonds is 3. The molecule has 4 nitrogen and oxygen atoms in total. The zero-order chi connectivity index (χ0) is 13.2. The average molecular weight is 274 g/mol. The number of piperidine rings is 1. The Labute approximate surface area is 111 Å². The normalized spacial score (nSPS) is 27.7. The summed E-state index contributed by atoms with van der Waals surface area (Å²) >= 11 is 0. The minimum Gasteiger partial charge on any atom is -0.303 e. The van der Waals surface area contributed by atoms with E-state index in [-0.39, 0.29) is 0 Å². The van der Waals surface area contributed by atoms with Gasteiger partial charge in [-0.2, -0.15) is 0 Å². The third-order valence-corrected chi connectivity index (χ3v) is 5.69. The highest BCUT2D eigenvalue weighted by molar-refractivity contribution is 7.91. The second kappa shape index (κ2) is 5.88. The van der Waals surface area contributed by atoms with Gasteiger partial charge >= 0.3 is 0 Å². The molecule has 0 aromatic rings. The van der Waals surface area contributed by atoms with Gasteiger partial charge in [-0.3, -0.25) is 4.90 Å². The van der Waals surface area contributed by atoms with E-state index in [9.17, 15) is 8.42 Å². The van der Waals surface area contributed by atoms with Gasteiger partial charge in [0, 0.05) is 25.7 Å². The molecule has 5 heteroatoms. The van der Waals surface area contributed by atoms with Crippen molar-refractivity contribution in [1.29, 1.82) is 0 Å². The molecule has 0 aromatic carbocycles. The number of hydrogen-bond acceptors (Lipinski definition) is 4. The summed E-state index contributed by atoms with van der Waals surface area (Å²) < 4.78 is 22.8. The standard InChI is InChI=1S/C13H26N2O2S/c1-12(2)11-14-5-3-13(4-6-14)15-7-9-18(16,17)10-8-15/h12-13H,3-11H2,1-2H3. The number of hydrogen-bond donors (Lipinski definition) is 0. The van der Waals surface area contributed by atoms with Crippen LogP contribution in [-0.4, -0.2) is 68.5 Å². The van der Waals surface area contributed by atoms with Crippen LogP contribution in [0.2, 0.25) is 0 Å². The Morgan fingerprint density at radius 2 is 1.61 bits per heavy atom. The van der Waals surface area contributed by atoms with E-state index in [1.807, 2.05) is 0 Å². The summed E-state index contributed by atoms with van der Waals surface area (Å²) in [4.78, 5) is 4.94. The van der Waals surface area contributed by atoms with Crippen LogP contribution in [0, 0.1) is 5.92 Å². The number of sulfone groups is 1. The van der Waals surface area contributed by atoms with Crippen molar-refractivity contribution >= 4 is 9.84 Å². The highest BCUT2D eigenvalue weighted by Crippen LogP contribution is 2.19. The second-order valence-corrected chi connectivity index (χ2v) is 8.42. The lowest BCUT2D eigenvalue weighted by Crippen LogP contribution is -2.50. The minimum absolute atomic E-state index is 0.360. The lowest BCUT2D eigenvalue weighted by molar-refractivity contribution is 0.108. The topological polar surface area (TPSA) is 40.6 Å². The third-order valence-electron chi connectivity index (χ3n) is 4.08. The van der Waals surface area contributed by atoms with Crippen molar-refractivity contribution in [3.63, 3.8) is 0 Å². The minimum atomic E-state index is -2.73. The maximum Gasteiger partial charge on any atom is 0.152 e. The van der Waals surface area contributed by atoms with Gasteiger partial charge in [-0.1, -0.05) is 13.8 Å². The van der Waals surface area contributed by atoms with Crippen molar-refractivity contribution < 1.29 is 8.42 Å². The Hall–Kier alpha value is -0.130. The number of nitrogens with zero attached hydrogens (tertiary/aromatic N) is 2. The quantitative estimate of drug-likeness (QED) is 0.764. The second-order valence-electron chi connectivity index (χ2n) is 6.11. The summed E-state index contributed by atoms with van der Waals surface area (Å²) in [7, 11) is -2.73. The maximum absolute atomic E-state index is 11.4. The zero-order valence-corrected chi connectivity index (χ0v) is 12.5. The molecule has 0 N–H and O–H groups in total. The molecule has 0 radical (unpaired) electrons. The molecule has 0 saturated carbocycles. The molecule has 18 heavy (non-hydrogen) atoms. The smallest absolute Gasteiger partial charge is 0.152 e. The predicted octanol–water partition coefficient (Wildman–Crippen LogP) is 0.837. The van der Waals surface area contributed by atoms with Crippen LogP contribution in [0.1, 0.15) is 26.7 Å². The van der Waals surface area contributed by atoms with Crippen LogP contribution in [0.5, 0.6) is 0 Å². The molecule has 0 aliphatic carbocycles. The van der Waals surface area contributed by atoms with E-state index in [2.05, 4.69) is 23.6 Å². The summed E-state index contributed by atoms with van der Waals surface area (Å²) in [6.07, 6.45) is 2.40. The lowest BCUT2D eigenvalue weighted by atomic mass is 10.0. The first-order valence-corrected chi connectivity index (χ1v) is 8.95. The molecule has 2 fully saturated rings. The molecule has 0 aromatic heterocycles. The van der Waals surface area contributed by atoms with E-state index in [1.165, 1.54) is 32.5 Å². The first-order chi connectivity index (χ1) is 8.46. The summed E-state index contributed by atoms with van der Waals surface area (Å²) in [5.74, 6) is 1.46. The van der Waals surface area contributed by atoms with Gasteiger partial charge in [0.1, 0.15) is 0 Å². The Bertz CT molecular complexity index is 345. The molecule has 0 amide bonds. The Morgan fingerprint density at radius 1 is 1.06 bits per heavy atom. The molecule has 106 valence electrons. The van der Waals surface area contributed by atoms with Crippen LogP contribution in [0.25, 0.3) is 0 Å². The van der Waals surface area contributed by atoms with E-state index in [0.29, 0.717) is 17.5 Å². The van der Waals surface area contributed by atoms with E-state index in [1.54, 1.807) is 0 Å². The molecule has 0 atom stereocenters. The van der Waals surface area contributed by atoms with Crippen molar-refractivity contribution in [2.45, 2.75) is 32.7 Å². The first kappa shape index (κ1) is 14.3. The van der Waals surface area contributed by atoms with Crippen molar-refractivity contribution in [2.24, 2.45) is 5.92 Å². The Balaban J connectivity index is 1.77. The SMILES string of the molecule is CC(C)CN1CCC(N2CCS(=O)(=O)CC2)CC1. The molecular formula is C13H26N2O2S. The maximum atomic E-state index is 11.4. The molecule has 2 rings (SSSR count). The van der Waals surface area contributed by atoms with Crippen LogP contribution in [0.15, 0.2) is 0 Å². The predicted molar refractivity (Wildman–Crippen MR) is 74.5 cm³/mol. The molecule has 2 aliphatic rings. The van der Waals surface area contributed by atoms with E-state index < -0.39 is 9.84 Å². The summed E-state index contributed by atoms with van der Waals surface area (Å²) in [6, 6.07) is 0.615. The van der Waals surface area contributed by atoms with Gasteiger partial charge < -0.3 is 4.90 Å². The van der Waals surface area contributed by atoms with Gasteiger partial charge in [-0.25, -0.2) is 8.42 Å². The van der Waals surface area contributed by atoms with E-state index >= 15 is 0 Å². The van der Waals surface area contributed by atoms with Crippen LogP contribution < -0.4 is 0 Å². The number of likely N-dealkylation sites (tertiary alicyclic amines) is 1. The molecular weight excluding hydrogens is 248 g/mol. The molecule has 0 spiro atoms. The largest absolute Gasteiger partial charge is 0.303 e. The summed E-state index contributed by atoms with van der Waals surface area (Å²) in [5.41, 5.74) is 0. The van der Waals surface area contributed by atoms with Gasteiger partial charge in [-0.05, 0) is 31.8 Å². The summed E-state index contributed by atoms with van der Waals surface area (Å²) in [5, 5.41) is 0. The molecule has 2 heterocycles. The van der Waals surface area contributed by atoms with E-state index in [0.717, 1.165) is 19.0 Å². The van der Waals surface area contributed by atoms with Crippen LogP contribution in [0.4, 0.5) is 0 Å². The fraction of sp³-hybridized carbons (Fsp3) is 1.00. The van der Waals surface area contributed by atoms with E-state index in [4.69, 9.17) is 0 Å². The highest BCUT2D eigenvalue weighted by Gasteiger charge is 2.29. The van der Waals surface area contributed by atoms with Crippen LogP contribution in [-0.2, 0) is 9.84 Å². The Kier molecular flexibility index (Phi) is 4.67. The van der Waals surface area contributed by atoms with Crippen molar-refractivity contribution in [2.75, 3.05) is 44.2 Å². The fourth-order valence-electron chi connectivity index (χ4n) is 3.08. The van der Waals surface area contributed by atoms with Gasteiger partial charge in [-0.15, -0.1) is 0 Å². The van der Waals surface area contributed by atoms with Crippen molar-refractivity contribution in [3.05, 3.63) is 0 Å². The van der Waals surface area contributed by atoms with Gasteiger partial charge in [0.25, 0.3) is 0 Å². The molecule has 0 unspecified atom stereocenters. The lowest BCUT2D eigenvalue weighted by Gasteiger charge is -2.40. The summed E-state index contributed by atoms with van der Waals surface area (Å²) in [6.45, 7) is 9.57. The zero-order valence-electron chi connectivity index (χ0n) is 11.6. The third kappa shape index (κ3) is 3.93. The van der Waals surface area contributed by atoms with Gasteiger partial charge in [0.2, 0.25) is 0 Å². The van der Waals surface area contributed by atoms with Gasteiger partial charge in [0.15, 0.2) is 9.84 Å². The van der Waals surface area contributed by atoms with Crippen LogP contribution in [0.3, 0.4) is 0 Å². The van der Waals surface area contributed by atoms with Crippen LogP contribution >= 0.6 is 0 Å². The average Bonchev–Trinajstić information content (AvgIpc) is 2.30. The van der Waals surface area contributed by atoms with Gasteiger partial charge in [0.05, 0.1) is 11.5 Å². The molecule has 2 saturated heterocycles. The first-order valence-electron chi connectivity index (χ1n) is 7.13. The Morgan fingerprint density at radius 3 is 2.11 bits per heavy atom.